The van der Waals surface area contributed by atoms with E-state index < -0.39 is 0 Å². The van der Waals surface area contributed by atoms with Crippen molar-refractivity contribution in [1.82, 2.24) is 4.90 Å². The highest BCUT2D eigenvalue weighted by Gasteiger charge is 2.23. The Balaban J connectivity index is 1.62. The third-order valence-corrected chi connectivity index (χ3v) is 5.21. The van der Waals surface area contributed by atoms with Gasteiger partial charge in [-0.3, -0.25) is 9.59 Å². The van der Waals surface area contributed by atoms with Crippen LogP contribution in [0.1, 0.15) is 30.1 Å². The van der Waals surface area contributed by atoms with Crippen LogP contribution in [-0.2, 0) is 4.79 Å². The van der Waals surface area contributed by atoms with Crippen LogP contribution < -0.4 is 10.1 Å². The number of likely N-dealkylation sites (tertiary alicyclic amines) is 1. The molecule has 0 radical (unpaired) electrons. The summed E-state index contributed by atoms with van der Waals surface area (Å²) in [5, 5.41) is 2.80. The third kappa shape index (κ3) is 5.32. The smallest absolute Gasteiger partial charge is 0.262 e. The van der Waals surface area contributed by atoms with Gasteiger partial charge in [-0.2, -0.15) is 0 Å². The van der Waals surface area contributed by atoms with Crippen LogP contribution in [0, 0.1) is 5.92 Å². The maximum Gasteiger partial charge on any atom is 0.262 e. The van der Waals surface area contributed by atoms with Crippen molar-refractivity contribution in [2.75, 3.05) is 25.0 Å². The van der Waals surface area contributed by atoms with Crippen LogP contribution in [0.2, 0.25) is 0 Å². The molecule has 1 saturated heterocycles. The van der Waals surface area contributed by atoms with Crippen LogP contribution >= 0.6 is 15.9 Å². The minimum atomic E-state index is -0.301. The number of hydrogen-bond donors (Lipinski definition) is 1. The number of anilines is 1. The lowest BCUT2D eigenvalue weighted by Crippen LogP contribution is -2.38. The molecule has 2 amide bonds. The first-order chi connectivity index (χ1) is 13.0. The molecule has 3 rings (SSSR count). The Morgan fingerprint density at radius 2 is 1.78 bits per heavy atom. The Morgan fingerprint density at radius 1 is 1.11 bits per heavy atom. The molecule has 1 aliphatic rings. The summed E-state index contributed by atoms with van der Waals surface area (Å²) in [7, 11) is 0. The van der Waals surface area contributed by atoms with E-state index in [4.69, 9.17) is 4.74 Å². The summed E-state index contributed by atoms with van der Waals surface area (Å²) < 4.78 is 6.44. The van der Waals surface area contributed by atoms with E-state index in [-0.39, 0.29) is 18.4 Å². The van der Waals surface area contributed by atoms with Gasteiger partial charge in [0.15, 0.2) is 6.61 Å². The van der Waals surface area contributed by atoms with Crippen LogP contribution in [0.4, 0.5) is 5.69 Å². The molecule has 0 aliphatic carbocycles. The maximum absolute atomic E-state index is 12.9. The van der Waals surface area contributed by atoms with Crippen LogP contribution in [0.15, 0.2) is 53.0 Å². The molecule has 142 valence electrons. The molecular weight excluding hydrogens is 408 g/mol. The first-order valence-corrected chi connectivity index (χ1v) is 9.89. The fraction of sp³-hybridized carbons (Fsp3) is 0.333. The summed E-state index contributed by atoms with van der Waals surface area (Å²) in [6, 6.07) is 14.4. The highest BCUT2D eigenvalue weighted by molar-refractivity contribution is 9.10. The van der Waals surface area contributed by atoms with Crippen molar-refractivity contribution in [3.05, 3.63) is 58.6 Å². The van der Waals surface area contributed by atoms with E-state index in [1.165, 1.54) is 0 Å². The van der Waals surface area contributed by atoms with E-state index in [0.717, 1.165) is 30.4 Å². The predicted molar refractivity (Wildman–Crippen MR) is 109 cm³/mol. The second-order valence-corrected chi connectivity index (χ2v) is 7.73. The van der Waals surface area contributed by atoms with Gasteiger partial charge in [-0.25, -0.2) is 0 Å². The Bertz CT molecular complexity index is 799. The summed E-state index contributed by atoms with van der Waals surface area (Å²) >= 11 is 3.36. The van der Waals surface area contributed by atoms with Crippen molar-refractivity contribution in [2.45, 2.75) is 19.8 Å². The Kier molecular flexibility index (Phi) is 6.50. The normalized spacial score (nSPS) is 14.7. The van der Waals surface area contributed by atoms with E-state index in [1.54, 1.807) is 30.3 Å². The Morgan fingerprint density at radius 3 is 2.48 bits per heavy atom. The van der Waals surface area contributed by atoms with Crippen molar-refractivity contribution in [1.29, 1.82) is 0 Å². The first-order valence-electron chi connectivity index (χ1n) is 9.09. The Labute approximate surface area is 167 Å². The van der Waals surface area contributed by atoms with Crippen molar-refractivity contribution >= 4 is 33.4 Å². The fourth-order valence-electron chi connectivity index (χ4n) is 3.03. The summed E-state index contributed by atoms with van der Waals surface area (Å²) in [5.41, 5.74) is 1.04. The number of benzene rings is 2. The van der Waals surface area contributed by atoms with Crippen molar-refractivity contribution < 1.29 is 14.3 Å². The van der Waals surface area contributed by atoms with Gasteiger partial charge in [-0.15, -0.1) is 0 Å². The van der Waals surface area contributed by atoms with Gasteiger partial charge in [0.1, 0.15) is 5.75 Å². The SMILES string of the molecule is CC1CCN(C(=O)c2ccccc2NC(=O)COc2ccc(Br)cc2)CC1. The summed E-state index contributed by atoms with van der Waals surface area (Å²) in [4.78, 5) is 27.0. The van der Waals surface area contributed by atoms with E-state index in [9.17, 15) is 9.59 Å². The van der Waals surface area contributed by atoms with E-state index >= 15 is 0 Å². The molecule has 5 nitrogen and oxygen atoms in total. The van der Waals surface area contributed by atoms with Gasteiger partial charge in [-0.05, 0) is 55.2 Å². The molecule has 2 aromatic carbocycles. The van der Waals surface area contributed by atoms with Gasteiger partial charge in [0.25, 0.3) is 11.8 Å². The second kappa shape index (κ2) is 9.04. The maximum atomic E-state index is 12.9. The number of carbonyl (C=O) groups is 2. The zero-order valence-electron chi connectivity index (χ0n) is 15.3. The minimum absolute atomic E-state index is 0.0355. The van der Waals surface area contributed by atoms with Crippen molar-refractivity contribution in [3.63, 3.8) is 0 Å². The lowest BCUT2D eigenvalue weighted by Gasteiger charge is -2.30. The predicted octanol–water partition coefficient (Wildman–Crippen LogP) is 4.34. The lowest BCUT2D eigenvalue weighted by atomic mass is 9.98. The van der Waals surface area contributed by atoms with Gasteiger partial charge in [0.2, 0.25) is 0 Å². The molecule has 0 spiro atoms. The largest absolute Gasteiger partial charge is 0.484 e. The second-order valence-electron chi connectivity index (χ2n) is 6.81. The van der Waals surface area contributed by atoms with Crippen molar-refractivity contribution in [2.24, 2.45) is 5.92 Å². The van der Waals surface area contributed by atoms with Crippen LogP contribution in [0.3, 0.4) is 0 Å². The number of hydrogen-bond acceptors (Lipinski definition) is 3. The van der Waals surface area contributed by atoms with E-state index in [2.05, 4.69) is 28.2 Å². The van der Waals surface area contributed by atoms with E-state index in [0.29, 0.717) is 22.9 Å². The highest BCUT2D eigenvalue weighted by atomic mass is 79.9. The van der Waals surface area contributed by atoms with Crippen LogP contribution in [-0.4, -0.2) is 36.4 Å². The van der Waals surface area contributed by atoms with Gasteiger partial charge < -0.3 is 15.0 Å². The molecule has 1 N–H and O–H groups in total. The van der Waals surface area contributed by atoms with E-state index in [1.807, 2.05) is 23.1 Å². The molecular formula is C21H23BrN2O3. The number of amides is 2. The standard InChI is InChI=1S/C21H23BrN2O3/c1-15-10-12-24(13-11-15)21(26)18-4-2-3-5-19(18)23-20(25)14-27-17-8-6-16(22)7-9-17/h2-9,15H,10-14H2,1H3,(H,23,25). The molecule has 0 atom stereocenters. The van der Waals surface area contributed by atoms with Gasteiger partial charge in [-0.1, -0.05) is 35.0 Å². The summed E-state index contributed by atoms with van der Waals surface area (Å²) in [6.45, 7) is 3.61. The molecule has 0 unspecified atom stereocenters. The Hall–Kier alpha value is -2.34. The molecule has 27 heavy (non-hydrogen) atoms. The van der Waals surface area contributed by atoms with Gasteiger partial charge >= 0.3 is 0 Å². The topological polar surface area (TPSA) is 58.6 Å². The molecule has 2 aromatic rings. The highest BCUT2D eigenvalue weighted by Crippen LogP contribution is 2.22. The van der Waals surface area contributed by atoms with Crippen LogP contribution in [0.25, 0.3) is 0 Å². The summed E-state index contributed by atoms with van der Waals surface area (Å²) in [6.07, 6.45) is 2.03. The fourth-order valence-corrected chi connectivity index (χ4v) is 3.29. The average Bonchev–Trinajstić information content (AvgIpc) is 2.68. The molecule has 1 aliphatic heterocycles. The molecule has 0 bridgehead atoms. The number of nitrogens with one attached hydrogen (secondary N) is 1. The van der Waals surface area contributed by atoms with Crippen LogP contribution in [0.5, 0.6) is 5.75 Å². The van der Waals surface area contributed by atoms with Gasteiger partial charge in [0.05, 0.1) is 11.3 Å². The minimum Gasteiger partial charge on any atom is -0.484 e. The average molecular weight is 431 g/mol. The first kappa shape index (κ1) is 19.4. The molecule has 1 heterocycles. The number of carbonyl (C=O) groups excluding carboxylic acids is 2. The lowest BCUT2D eigenvalue weighted by molar-refractivity contribution is -0.118. The number of piperidine rings is 1. The monoisotopic (exact) mass is 430 g/mol. The summed E-state index contributed by atoms with van der Waals surface area (Å²) in [5.74, 6) is 0.928. The molecule has 6 heteroatoms. The third-order valence-electron chi connectivity index (χ3n) is 4.69. The zero-order valence-corrected chi connectivity index (χ0v) is 16.9. The number of para-hydroxylation sites is 1. The molecule has 1 fully saturated rings. The van der Waals surface area contributed by atoms with Crippen molar-refractivity contribution in [3.8, 4) is 5.75 Å². The molecule has 0 aromatic heterocycles. The van der Waals surface area contributed by atoms with Gasteiger partial charge in [0, 0.05) is 17.6 Å². The number of nitrogens with zero attached hydrogens (tertiary/aromatic N) is 1. The molecule has 0 saturated carbocycles. The number of halogens is 1. The number of ether oxygens (including phenoxy) is 1. The zero-order chi connectivity index (χ0) is 19.2. The number of rotatable bonds is 5. The quantitative estimate of drug-likeness (QED) is 0.767.